The summed E-state index contributed by atoms with van der Waals surface area (Å²) in [5.74, 6) is 0. The number of rotatable bonds is 1. The monoisotopic (exact) mass is 218 g/mol. The standard InChI is InChI=1S/C14H22N2/c1-13-5-3-7-14(8-4-6-13)16-11-9-15(2)10-12-16/h3-5,7-8,14H,6,9-12H2,1-2H3/b7-3-,8-4-,13-5-. The average Bonchev–Trinajstić information content (AvgIpc) is 2.25. The van der Waals surface area contributed by atoms with E-state index in [-0.39, 0.29) is 0 Å². The lowest BCUT2D eigenvalue weighted by Gasteiger charge is -2.35. The van der Waals surface area contributed by atoms with Gasteiger partial charge in [-0.3, -0.25) is 4.90 Å². The summed E-state index contributed by atoms with van der Waals surface area (Å²) < 4.78 is 0. The van der Waals surface area contributed by atoms with Crippen LogP contribution in [0.4, 0.5) is 0 Å². The van der Waals surface area contributed by atoms with Crippen LogP contribution in [0.25, 0.3) is 0 Å². The van der Waals surface area contributed by atoms with Gasteiger partial charge in [-0.15, -0.1) is 0 Å². The minimum Gasteiger partial charge on any atom is -0.304 e. The molecule has 2 nitrogen and oxygen atoms in total. The van der Waals surface area contributed by atoms with E-state index in [9.17, 15) is 0 Å². The summed E-state index contributed by atoms with van der Waals surface area (Å²) in [6.45, 7) is 6.92. The third-order valence-corrected chi connectivity index (χ3v) is 3.42. The van der Waals surface area contributed by atoms with E-state index >= 15 is 0 Å². The number of hydrogen-bond acceptors (Lipinski definition) is 2. The number of likely N-dealkylation sites (N-methyl/N-ethyl adjacent to an activating group) is 1. The van der Waals surface area contributed by atoms with E-state index in [0.29, 0.717) is 6.04 Å². The fourth-order valence-electron chi connectivity index (χ4n) is 2.22. The van der Waals surface area contributed by atoms with Gasteiger partial charge in [0.25, 0.3) is 0 Å². The maximum atomic E-state index is 2.56. The smallest absolute Gasteiger partial charge is 0.0465 e. The Bertz CT molecular complexity index is 307. The van der Waals surface area contributed by atoms with Gasteiger partial charge in [-0.2, -0.15) is 0 Å². The summed E-state index contributed by atoms with van der Waals surface area (Å²) >= 11 is 0. The molecule has 2 rings (SSSR count). The van der Waals surface area contributed by atoms with E-state index in [2.05, 4.69) is 54.2 Å². The lowest BCUT2D eigenvalue weighted by Crippen LogP contribution is -2.47. The molecule has 1 aliphatic heterocycles. The van der Waals surface area contributed by atoms with Crippen LogP contribution in [0.5, 0.6) is 0 Å². The molecule has 2 aliphatic rings. The van der Waals surface area contributed by atoms with E-state index in [0.717, 1.165) is 6.42 Å². The first-order valence-corrected chi connectivity index (χ1v) is 6.19. The number of piperazine rings is 1. The summed E-state index contributed by atoms with van der Waals surface area (Å²) in [4.78, 5) is 4.96. The van der Waals surface area contributed by atoms with Gasteiger partial charge in [0, 0.05) is 32.2 Å². The second-order valence-electron chi connectivity index (χ2n) is 4.86. The fraction of sp³-hybridized carbons (Fsp3) is 0.571. The summed E-state index contributed by atoms with van der Waals surface area (Å²) in [6, 6.07) is 0.498. The van der Waals surface area contributed by atoms with Crippen molar-refractivity contribution in [3.8, 4) is 0 Å². The number of allylic oxidation sites excluding steroid dienone is 4. The molecule has 16 heavy (non-hydrogen) atoms. The Morgan fingerprint density at radius 2 is 1.88 bits per heavy atom. The van der Waals surface area contributed by atoms with Crippen molar-refractivity contribution >= 4 is 0 Å². The van der Waals surface area contributed by atoms with Crippen LogP contribution in [0.15, 0.2) is 36.0 Å². The van der Waals surface area contributed by atoms with Gasteiger partial charge in [0.05, 0.1) is 0 Å². The van der Waals surface area contributed by atoms with Crippen molar-refractivity contribution in [1.82, 2.24) is 9.80 Å². The topological polar surface area (TPSA) is 6.48 Å². The van der Waals surface area contributed by atoms with Gasteiger partial charge in [0.15, 0.2) is 0 Å². The van der Waals surface area contributed by atoms with Crippen LogP contribution in [0.1, 0.15) is 13.3 Å². The molecular weight excluding hydrogens is 196 g/mol. The molecule has 0 aromatic heterocycles. The van der Waals surface area contributed by atoms with Crippen molar-refractivity contribution in [3.05, 3.63) is 36.0 Å². The largest absolute Gasteiger partial charge is 0.304 e. The predicted molar refractivity (Wildman–Crippen MR) is 69.5 cm³/mol. The maximum absolute atomic E-state index is 2.56. The second-order valence-corrected chi connectivity index (χ2v) is 4.86. The van der Waals surface area contributed by atoms with Crippen LogP contribution in [-0.2, 0) is 0 Å². The zero-order chi connectivity index (χ0) is 11.4. The molecule has 0 aromatic rings. The lowest BCUT2D eigenvalue weighted by atomic mass is 10.1. The third-order valence-electron chi connectivity index (χ3n) is 3.42. The Balaban J connectivity index is 1.99. The van der Waals surface area contributed by atoms with Crippen molar-refractivity contribution < 1.29 is 0 Å². The van der Waals surface area contributed by atoms with E-state index in [1.165, 1.54) is 31.8 Å². The molecule has 1 unspecified atom stereocenters. The summed E-state index contributed by atoms with van der Waals surface area (Å²) in [7, 11) is 2.20. The molecule has 1 heterocycles. The van der Waals surface area contributed by atoms with E-state index < -0.39 is 0 Å². The minimum absolute atomic E-state index is 0.498. The van der Waals surface area contributed by atoms with Crippen LogP contribution in [0.2, 0.25) is 0 Å². The first kappa shape index (κ1) is 11.6. The second kappa shape index (κ2) is 5.46. The highest BCUT2D eigenvalue weighted by molar-refractivity contribution is 5.21. The Kier molecular flexibility index (Phi) is 3.97. The molecule has 0 saturated carbocycles. The molecule has 0 aromatic carbocycles. The van der Waals surface area contributed by atoms with Crippen LogP contribution in [0, 0.1) is 0 Å². The molecule has 0 N–H and O–H groups in total. The lowest BCUT2D eigenvalue weighted by molar-refractivity contribution is 0.145. The first-order chi connectivity index (χ1) is 7.75. The van der Waals surface area contributed by atoms with Gasteiger partial charge in [-0.05, 0) is 20.4 Å². The summed E-state index contributed by atoms with van der Waals surface area (Å²) in [6.07, 6.45) is 12.5. The Morgan fingerprint density at radius 3 is 2.62 bits per heavy atom. The van der Waals surface area contributed by atoms with Gasteiger partial charge in [0.2, 0.25) is 0 Å². The molecular formula is C14H22N2. The molecule has 1 fully saturated rings. The highest BCUT2D eigenvalue weighted by Gasteiger charge is 2.18. The molecule has 0 bridgehead atoms. The maximum Gasteiger partial charge on any atom is 0.0465 e. The van der Waals surface area contributed by atoms with Crippen molar-refractivity contribution in [2.75, 3.05) is 33.2 Å². The summed E-state index contributed by atoms with van der Waals surface area (Å²) in [5, 5.41) is 0. The van der Waals surface area contributed by atoms with Crippen LogP contribution in [0.3, 0.4) is 0 Å². The first-order valence-electron chi connectivity index (χ1n) is 6.19. The number of nitrogens with zero attached hydrogens (tertiary/aromatic N) is 2. The molecule has 88 valence electrons. The summed E-state index contributed by atoms with van der Waals surface area (Å²) in [5.41, 5.74) is 1.43. The van der Waals surface area contributed by atoms with Crippen LogP contribution < -0.4 is 0 Å². The average molecular weight is 218 g/mol. The molecule has 1 atom stereocenters. The molecule has 1 saturated heterocycles. The molecule has 2 heteroatoms. The van der Waals surface area contributed by atoms with E-state index in [1.54, 1.807) is 0 Å². The third kappa shape index (κ3) is 3.06. The molecule has 1 aliphatic carbocycles. The predicted octanol–water partition coefficient (Wildman–Crippen LogP) is 2.06. The molecule has 0 spiro atoms. The van der Waals surface area contributed by atoms with Gasteiger partial charge in [-0.1, -0.05) is 36.0 Å². The van der Waals surface area contributed by atoms with E-state index in [1.807, 2.05) is 0 Å². The molecule has 0 amide bonds. The van der Waals surface area contributed by atoms with Crippen molar-refractivity contribution in [2.24, 2.45) is 0 Å². The van der Waals surface area contributed by atoms with Gasteiger partial charge in [-0.25, -0.2) is 0 Å². The highest BCUT2D eigenvalue weighted by atomic mass is 15.3. The van der Waals surface area contributed by atoms with Crippen molar-refractivity contribution in [2.45, 2.75) is 19.4 Å². The molecule has 0 radical (unpaired) electrons. The quantitative estimate of drug-likeness (QED) is 0.622. The SMILES string of the molecule is C/C1=C/C=C\C(N2CCN(C)CC2)/C=C\C1. The highest BCUT2D eigenvalue weighted by Crippen LogP contribution is 2.12. The zero-order valence-electron chi connectivity index (χ0n) is 10.4. The van der Waals surface area contributed by atoms with E-state index in [4.69, 9.17) is 0 Å². The minimum atomic E-state index is 0.498. The Morgan fingerprint density at radius 1 is 1.12 bits per heavy atom. The fourth-order valence-corrected chi connectivity index (χ4v) is 2.22. The van der Waals surface area contributed by atoms with Gasteiger partial charge < -0.3 is 4.90 Å². The normalized spacial score (nSPS) is 35.9. The van der Waals surface area contributed by atoms with Gasteiger partial charge in [0.1, 0.15) is 0 Å². The van der Waals surface area contributed by atoms with Gasteiger partial charge >= 0.3 is 0 Å². The number of hydrogen-bond donors (Lipinski definition) is 0. The Hall–Kier alpha value is -0.860. The van der Waals surface area contributed by atoms with Crippen molar-refractivity contribution in [3.63, 3.8) is 0 Å². The zero-order valence-corrected chi connectivity index (χ0v) is 10.4. The Labute approximate surface area is 98.9 Å². The van der Waals surface area contributed by atoms with Crippen LogP contribution >= 0.6 is 0 Å². The van der Waals surface area contributed by atoms with Crippen molar-refractivity contribution in [1.29, 1.82) is 0 Å². The van der Waals surface area contributed by atoms with Crippen LogP contribution in [-0.4, -0.2) is 49.1 Å².